The lowest BCUT2D eigenvalue weighted by atomic mass is 9.99. The summed E-state index contributed by atoms with van der Waals surface area (Å²) < 4.78 is 10.4. The van der Waals surface area contributed by atoms with Gasteiger partial charge in [-0.2, -0.15) is 0 Å². The summed E-state index contributed by atoms with van der Waals surface area (Å²) in [6.07, 6.45) is 1.86. The Labute approximate surface area is 103 Å². The molecule has 100 valence electrons. The SMILES string of the molecule is CCC1OCCC1C(=O)NCCNCCOC. The van der Waals surface area contributed by atoms with Crippen LogP contribution < -0.4 is 10.6 Å². The van der Waals surface area contributed by atoms with Gasteiger partial charge in [-0.15, -0.1) is 0 Å². The Balaban J connectivity index is 2.08. The number of nitrogens with one attached hydrogen (secondary N) is 2. The largest absolute Gasteiger partial charge is 0.383 e. The predicted octanol–water partition coefficient (Wildman–Crippen LogP) is 0.154. The molecule has 2 unspecified atom stereocenters. The molecule has 1 saturated heterocycles. The predicted molar refractivity (Wildman–Crippen MR) is 65.9 cm³/mol. The minimum Gasteiger partial charge on any atom is -0.383 e. The second kappa shape index (κ2) is 8.44. The van der Waals surface area contributed by atoms with Crippen molar-refractivity contribution >= 4 is 5.91 Å². The zero-order valence-electron chi connectivity index (χ0n) is 10.8. The highest BCUT2D eigenvalue weighted by Gasteiger charge is 2.32. The number of methoxy groups -OCH3 is 1. The van der Waals surface area contributed by atoms with Crippen LogP contribution in [0.2, 0.25) is 0 Å². The molecule has 0 spiro atoms. The Morgan fingerprint density at radius 3 is 2.94 bits per heavy atom. The fourth-order valence-electron chi connectivity index (χ4n) is 2.06. The van der Waals surface area contributed by atoms with Crippen molar-refractivity contribution < 1.29 is 14.3 Å². The Kier molecular flexibility index (Phi) is 7.16. The number of hydrogen-bond acceptors (Lipinski definition) is 4. The molecule has 2 N–H and O–H groups in total. The summed E-state index contributed by atoms with van der Waals surface area (Å²) in [5, 5.41) is 6.13. The lowest BCUT2D eigenvalue weighted by Gasteiger charge is -2.16. The number of hydrogen-bond donors (Lipinski definition) is 2. The topological polar surface area (TPSA) is 59.6 Å². The third-order valence-corrected chi connectivity index (χ3v) is 3.03. The van der Waals surface area contributed by atoms with Gasteiger partial charge in [0.05, 0.1) is 18.6 Å². The van der Waals surface area contributed by atoms with Crippen LogP contribution in [-0.2, 0) is 14.3 Å². The third-order valence-electron chi connectivity index (χ3n) is 3.03. The Bertz CT molecular complexity index is 224. The summed E-state index contributed by atoms with van der Waals surface area (Å²) in [6, 6.07) is 0. The van der Waals surface area contributed by atoms with Gasteiger partial charge < -0.3 is 20.1 Å². The first kappa shape index (κ1) is 14.4. The molecular weight excluding hydrogens is 220 g/mol. The van der Waals surface area contributed by atoms with Crippen LogP contribution in [0.15, 0.2) is 0 Å². The van der Waals surface area contributed by atoms with Crippen molar-refractivity contribution in [3.05, 3.63) is 0 Å². The summed E-state index contributed by atoms with van der Waals surface area (Å²) in [5.74, 6) is 0.168. The van der Waals surface area contributed by atoms with Gasteiger partial charge in [-0.05, 0) is 12.8 Å². The molecule has 0 saturated carbocycles. The molecule has 0 aliphatic carbocycles. The maximum absolute atomic E-state index is 11.9. The Morgan fingerprint density at radius 2 is 2.24 bits per heavy atom. The van der Waals surface area contributed by atoms with Gasteiger partial charge in [-0.3, -0.25) is 4.79 Å². The average Bonchev–Trinajstić information content (AvgIpc) is 2.81. The number of rotatable bonds is 8. The van der Waals surface area contributed by atoms with Gasteiger partial charge in [0.25, 0.3) is 0 Å². The fourth-order valence-corrected chi connectivity index (χ4v) is 2.06. The van der Waals surface area contributed by atoms with Crippen molar-refractivity contribution in [3.8, 4) is 0 Å². The van der Waals surface area contributed by atoms with Gasteiger partial charge in [-0.1, -0.05) is 6.92 Å². The van der Waals surface area contributed by atoms with Gasteiger partial charge in [0.1, 0.15) is 0 Å². The van der Waals surface area contributed by atoms with Gasteiger partial charge >= 0.3 is 0 Å². The standard InChI is InChI=1S/C12H24N2O3/c1-3-11-10(4-8-17-11)12(15)14-6-5-13-7-9-16-2/h10-11,13H,3-9H2,1-2H3,(H,14,15). The van der Waals surface area contributed by atoms with Crippen LogP contribution in [0.1, 0.15) is 19.8 Å². The fraction of sp³-hybridized carbons (Fsp3) is 0.917. The Hall–Kier alpha value is -0.650. The number of ether oxygens (including phenoxy) is 2. The maximum atomic E-state index is 11.9. The second-order valence-electron chi connectivity index (χ2n) is 4.25. The molecule has 1 rings (SSSR count). The van der Waals surface area contributed by atoms with Crippen LogP contribution in [0.3, 0.4) is 0 Å². The van der Waals surface area contributed by atoms with Crippen molar-refractivity contribution in [2.75, 3.05) is 40.0 Å². The summed E-state index contributed by atoms with van der Waals surface area (Å²) in [4.78, 5) is 11.9. The van der Waals surface area contributed by atoms with Crippen molar-refractivity contribution in [2.24, 2.45) is 5.92 Å². The summed E-state index contributed by atoms with van der Waals surface area (Å²) in [6.45, 7) is 5.72. The quantitative estimate of drug-likeness (QED) is 0.597. The van der Waals surface area contributed by atoms with E-state index in [9.17, 15) is 4.79 Å². The van der Waals surface area contributed by atoms with Gasteiger partial charge in [0, 0.05) is 33.4 Å². The molecule has 1 heterocycles. The molecule has 0 bridgehead atoms. The normalized spacial score (nSPS) is 23.9. The van der Waals surface area contributed by atoms with E-state index < -0.39 is 0 Å². The van der Waals surface area contributed by atoms with E-state index in [-0.39, 0.29) is 17.9 Å². The smallest absolute Gasteiger partial charge is 0.225 e. The van der Waals surface area contributed by atoms with Crippen molar-refractivity contribution in [3.63, 3.8) is 0 Å². The third kappa shape index (κ3) is 5.02. The first-order valence-corrected chi connectivity index (χ1v) is 6.38. The van der Waals surface area contributed by atoms with E-state index in [1.54, 1.807) is 7.11 Å². The van der Waals surface area contributed by atoms with Crippen LogP contribution in [0.25, 0.3) is 0 Å². The number of carbonyl (C=O) groups excluding carboxylic acids is 1. The van der Waals surface area contributed by atoms with Gasteiger partial charge in [0.2, 0.25) is 5.91 Å². The highest BCUT2D eigenvalue weighted by molar-refractivity contribution is 5.79. The minimum atomic E-state index is 0.0407. The summed E-state index contributed by atoms with van der Waals surface area (Å²) in [5.41, 5.74) is 0. The van der Waals surface area contributed by atoms with E-state index in [4.69, 9.17) is 9.47 Å². The van der Waals surface area contributed by atoms with Gasteiger partial charge in [-0.25, -0.2) is 0 Å². The molecule has 0 radical (unpaired) electrons. The zero-order chi connectivity index (χ0) is 12.5. The molecule has 0 aromatic heterocycles. The molecule has 1 aliphatic rings. The van der Waals surface area contributed by atoms with Gasteiger partial charge in [0.15, 0.2) is 0 Å². The number of amides is 1. The van der Waals surface area contributed by atoms with E-state index in [2.05, 4.69) is 17.6 Å². The molecule has 5 heteroatoms. The van der Waals surface area contributed by atoms with Crippen molar-refractivity contribution in [1.29, 1.82) is 0 Å². The minimum absolute atomic E-state index is 0.0407. The molecule has 0 aromatic rings. The van der Waals surface area contributed by atoms with E-state index in [1.807, 2.05) is 0 Å². The zero-order valence-corrected chi connectivity index (χ0v) is 10.8. The van der Waals surface area contributed by atoms with Crippen molar-refractivity contribution in [2.45, 2.75) is 25.9 Å². The van der Waals surface area contributed by atoms with Crippen LogP contribution in [0, 0.1) is 5.92 Å². The first-order valence-electron chi connectivity index (χ1n) is 6.38. The van der Waals surface area contributed by atoms with E-state index >= 15 is 0 Å². The van der Waals surface area contributed by atoms with E-state index in [0.29, 0.717) is 19.8 Å². The molecule has 0 aromatic carbocycles. The molecule has 2 atom stereocenters. The molecular formula is C12H24N2O3. The summed E-state index contributed by atoms with van der Waals surface area (Å²) in [7, 11) is 1.68. The number of carbonyl (C=O) groups is 1. The maximum Gasteiger partial charge on any atom is 0.225 e. The van der Waals surface area contributed by atoms with E-state index in [0.717, 1.165) is 25.9 Å². The van der Waals surface area contributed by atoms with E-state index in [1.165, 1.54) is 0 Å². The lowest BCUT2D eigenvalue weighted by molar-refractivity contribution is -0.126. The van der Waals surface area contributed by atoms with Crippen LogP contribution in [0.4, 0.5) is 0 Å². The van der Waals surface area contributed by atoms with Crippen LogP contribution in [0.5, 0.6) is 0 Å². The molecule has 17 heavy (non-hydrogen) atoms. The Morgan fingerprint density at radius 1 is 1.41 bits per heavy atom. The first-order chi connectivity index (χ1) is 8.29. The second-order valence-corrected chi connectivity index (χ2v) is 4.25. The van der Waals surface area contributed by atoms with Crippen LogP contribution in [-0.4, -0.2) is 52.0 Å². The monoisotopic (exact) mass is 244 g/mol. The van der Waals surface area contributed by atoms with Crippen molar-refractivity contribution in [1.82, 2.24) is 10.6 Å². The van der Waals surface area contributed by atoms with Crippen LogP contribution >= 0.6 is 0 Å². The molecule has 1 fully saturated rings. The highest BCUT2D eigenvalue weighted by Crippen LogP contribution is 2.23. The molecule has 5 nitrogen and oxygen atoms in total. The summed E-state index contributed by atoms with van der Waals surface area (Å²) >= 11 is 0. The molecule has 1 amide bonds. The highest BCUT2D eigenvalue weighted by atomic mass is 16.5. The average molecular weight is 244 g/mol. The lowest BCUT2D eigenvalue weighted by Crippen LogP contribution is -2.39. The molecule has 1 aliphatic heterocycles.